The SMILES string of the molecule is CC1(C)c2cc(C3(C4COC4)CCNCC3)ccc2C(=O)c2c1[nH]c1cc(C#N)ccc21. The van der Waals surface area contributed by atoms with E-state index in [-0.39, 0.29) is 16.6 Å². The molecule has 2 aliphatic heterocycles. The van der Waals surface area contributed by atoms with Crippen molar-refractivity contribution in [2.75, 3.05) is 26.3 Å². The number of carbonyl (C=O) groups excluding carboxylic acids is 1. The van der Waals surface area contributed by atoms with Crippen LogP contribution in [0.5, 0.6) is 0 Å². The van der Waals surface area contributed by atoms with Crippen molar-refractivity contribution in [3.63, 3.8) is 0 Å². The van der Waals surface area contributed by atoms with Crippen molar-refractivity contribution >= 4 is 16.7 Å². The van der Waals surface area contributed by atoms with Crippen molar-refractivity contribution in [3.05, 3.63) is 69.9 Å². The zero-order chi connectivity index (χ0) is 22.1. The lowest BCUT2D eigenvalue weighted by Crippen LogP contribution is -2.52. The Bertz CT molecular complexity index is 1300. The van der Waals surface area contributed by atoms with E-state index in [1.807, 2.05) is 12.1 Å². The fraction of sp³-hybridized carbons (Fsp3) is 0.407. The fourth-order valence-corrected chi connectivity index (χ4v) is 6.17. The summed E-state index contributed by atoms with van der Waals surface area (Å²) in [5.41, 5.74) is 6.15. The van der Waals surface area contributed by atoms with Gasteiger partial charge < -0.3 is 15.0 Å². The van der Waals surface area contributed by atoms with Gasteiger partial charge in [-0.15, -0.1) is 0 Å². The molecular formula is C27H27N3O2. The Morgan fingerprint density at radius 1 is 1.09 bits per heavy atom. The molecule has 0 unspecified atom stereocenters. The van der Waals surface area contributed by atoms with Crippen LogP contribution in [0.2, 0.25) is 0 Å². The van der Waals surface area contributed by atoms with Crippen LogP contribution < -0.4 is 5.32 Å². The Morgan fingerprint density at radius 3 is 2.56 bits per heavy atom. The number of rotatable bonds is 2. The normalized spacial score (nSPS) is 21.5. The summed E-state index contributed by atoms with van der Waals surface area (Å²) in [6.07, 6.45) is 2.20. The molecule has 162 valence electrons. The van der Waals surface area contributed by atoms with E-state index < -0.39 is 0 Å². The molecule has 0 atom stereocenters. The van der Waals surface area contributed by atoms with Gasteiger partial charge in [-0.25, -0.2) is 0 Å². The quantitative estimate of drug-likeness (QED) is 0.646. The first-order valence-corrected chi connectivity index (χ1v) is 11.5. The van der Waals surface area contributed by atoms with E-state index in [0.717, 1.165) is 72.4 Å². The summed E-state index contributed by atoms with van der Waals surface area (Å²) in [4.78, 5) is 17.2. The summed E-state index contributed by atoms with van der Waals surface area (Å²) in [5.74, 6) is 0.612. The van der Waals surface area contributed by atoms with E-state index in [4.69, 9.17) is 4.74 Å². The molecule has 1 aromatic heterocycles. The third kappa shape index (κ3) is 2.54. The molecule has 0 amide bonds. The standard InChI is InChI=1S/C27H27N3O2/c1-26(2)21-12-17(27(18-14-32-15-18)7-9-29-10-8-27)4-6-19(21)24(31)23-20-5-3-16(13-28)11-22(20)30-25(23)26/h3-6,11-12,18,29-30H,7-10,14-15H2,1-2H3. The van der Waals surface area contributed by atoms with E-state index in [9.17, 15) is 10.1 Å². The number of aromatic nitrogens is 1. The summed E-state index contributed by atoms with van der Waals surface area (Å²) in [7, 11) is 0. The molecule has 2 aromatic carbocycles. The highest BCUT2D eigenvalue weighted by Gasteiger charge is 2.46. The van der Waals surface area contributed by atoms with E-state index in [2.05, 4.69) is 48.4 Å². The first kappa shape index (κ1) is 19.7. The number of H-pyrrole nitrogens is 1. The van der Waals surface area contributed by atoms with Crippen LogP contribution in [0.15, 0.2) is 36.4 Å². The highest BCUT2D eigenvalue weighted by Crippen LogP contribution is 2.48. The Kier molecular flexibility index (Phi) is 4.18. The number of nitrogens with one attached hydrogen (secondary N) is 2. The lowest BCUT2D eigenvalue weighted by molar-refractivity contribution is -0.0799. The maximum atomic E-state index is 13.7. The first-order valence-electron chi connectivity index (χ1n) is 11.5. The number of ether oxygens (including phenoxy) is 1. The van der Waals surface area contributed by atoms with Crippen molar-refractivity contribution in [1.29, 1.82) is 5.26 Å². The summed E-state index contributed by atoms with van der Waals surface area (Å²) < 4.78 is 5.60. The Hall–Kier alpha value is -2.94. The average molecular weight is 426 g/mol. The smallest absolute Gasteiger partial charge is 0.195 e. The lowest BCUT2D eigenvalue weighted by atomic mass is 9.62. The number of aromatic amines is 1. The number of benzene rings is 2. The molecule has 32 heavy (non-hydrogen) atoms. The number of carbonyl (C=O) groups is 1. The molecule has 3 aliphatic rings. The Balaban J connectivity index is 1.53. The average Bonchev–Trinajstić information content (AvgIpc) is 3.17. The minimum Gasteiger partial charge on any atom is -0.381 e. The molecule has 6 rings (SSSR count). The predicted octanol–water partition coefficient (Wildman–Crippen LogP) is 4.18. The van der Waals surface area contributed by atoms with Gasteiger partial charge in [0.25, 0.3) is 0 Å². The summed E-state index contributed by atoms with van der Waals surface area (Å²) in [6.45, 7) is 8.08. The van der Waals surface area contributed by atoms with Crippen LogP contribution in [0, 0.1) is 17.2 Å². The molecule has 0 saturated carbocycles. The zero-order valence-electron chi connectivity index (χ0n) is 18.5. The van der Waals surface area contributed by atoms with Crippen LogP contribution in [0.1, 0.15) is 65.0 Å². The van der Waals surface area contributed by atoms with Crippen LogP contribution in [-0.2, 0) is 15.6 Å². The van der Waals surface area contributed by atoms with Gasteiger partial charge in [-0.05, 0) is 49.2 Å². The van der Waals surface area contributed by atoms with Crippen LogP contribution in [-0.4, -0.2) is 37.1 Å². The van der Waals surface area contributed by atoms with Gasteiger partial charge in [-0.2, -0.15) is 5.26 Å². The molecule has 2 N–H and O–H groups in total. The van der Waals surface area contributed by atoms with E-state index in [1.54, 1.807) is 6.07 Å². The van der Waals surface area contributed by atoms with Crippen molar-refractivity contribution in [2.24, 2.45) is 5.92 Å². The molecule has 2 fully saturated rings. The van der Waals surface area contributed by atoms with Gasteiger partial charge in [0.15, 0.2) is 5.78 Å². The number of ketones is 1. The third-order valence-electron chi connectivity index (χ3n) is 8.21. The van der Waals surface area contributed by atoms with E-state index in [1.165, 1.54) is 5.56 Å². The number of nitrogens with zero attached hydrogens (tertiary/aromatic N) is 1. The monoisotopic (exact) mass is 425 g/mol. The van der Waals surface area contributed by atoms with Gasteiger partial charge >= 0.3 is 0 Å². The largest absolute Gasteiger partial charge is 0.381 e. The first-order chi connectivity index (χ1) is 15.5. The molecule has 0 spiro atoms. The Morgan fingerprint density at radius 2 is 1.88 bits per heavy atom. The predicted molar refractivity (Wildman–Crippen MR) is 123 cm³/mol. The lowest BCUT2D eigenvalue weighted by Gasteiger charge is -2.48. The topological polar surface area (TPSA) is 77.9 Å². The molecule has 1 aliphatic carbocycles. The summed E-state index contributed by atoms with van der Waals surface area (Å²) in [5, 5.41) is 13.7. The number of nitriles is 1. The van der Waals surface area contributed by atoms with E-state index >= 15 is 0 Å². The second-order valence-electron chi connectivity index (χ2n) is 10.1. The van der Waals surface area contributed by atoms with Gasteiger partial charge in [0.1, 0.15) is 0 Å². The van der Waals surface area contributed by atoms with Crippen LogP contribution in [0.25, 0.3) is 10.9 Å². The summed E-state index contributed by atoms with van der Waals surface area (Å²) in [6, 6.07) is 14.3. The summed E-state index contributed by atoms with van der Waals surface area (Å²) >= 11 is 0. The molecule has 3 aromatic rings. The maximum Gasteiger partial charge on any atom is 0.195 e. The van der Waals surface area contributed by atoms with Crippen molar-refractivity contribution in [3.8, 4) is 6.07 Å². The zero-order valence-corrected chi connectivity index (χ0v) is 18.5. The van der Waals surface area contributed by atoms with Gasteiger partial charge in [-0.1, -0.05) is 38.1 Å². The third-order valence-corrected chi connectivity index (χ3v) is 8.21. The van der Waals surface area contributed by atoms with E-state index in [0.29, 0.717) is 11.5 Å². The van der Waals surface area contributed by atoms with Crippen molar-refractivity contribution < 1.29 is 9.53 Å². The number of hydrogen-bond acceptors (Lipinski definition) is 4. The number of hydrogen-bond donors (Lipinski definition) is 2. The van der Waals surface area contributed by atoms with Gasteiger partial charge in [0.2, 0.25) is 0 Å². The molecule has 0 radical (unpaired) electrons. The van der Waals surface area contributed by atoms with Crippen LogP contribution in [0.4, 0.5) is 0 Å². The minimum absolute atomic E-state index is 0.0724. The molecule has 5 heteroatoms. The molecule has 0 bridgehead atoms. The second-order valence-corrected chi connectivity index (χ2v) is 10.1. The second kappa shape index (κ2) is 6.78. The van der Waals surface area contributed by atoms with Gasteiger partial charge in [0.05, 0.1) is 30.4 Å². The Labute approximate surface area is 187 Å². The molecule has 3 heterocycles. The molecule has 2 saturated heterocycles. The minimum atomic E-state index is -0.343. The molecule has 5 nitrogen and oxygen atoms in total. The van der Waals surface area contributed by atoms with Crippen LogP contribution >= 0.6 is 0 Å². The molecular weight excluding hydrogens is 398 g/mol. The maximum absolute atomic E-state index is 13.7. The van der Waals surface area contributed by atoms with Gasteiger partial charge in [-0.3, -0.25) is 4.79 Å². The van der Waals surface area contributed by atoms with Crippen LogP contribution in [0.3, 0.4) is 0 Å². The fourth-order valence-electron chi connectivity index (χ4n) is 6.17. The highest BCUT2D eigenvalue weighted by molar-refractivity contribution is 6.20. The van der Waals surface area contributed by atoms with Crippen molar-refractivity contribution in [1.82, 2.24) is 10.3 Å². The van der Waals surface area contributed by atoms with Crippen molar-refractivity contribution in [2.45, 2.75) is 37.5 Å². The number of piperidine rings is 1. The number of fused-ring (bicyclic) bond motifs is 4. The van der Waals surface area contributed by atoms with Gasteiger partial charge in [0, 0.05) is 38.9 Å². The highest BCUT2D eigenvalue weighted by atomic mass is 16.5.